The highest BCUT2D eigenvalue weighted by molar-refractivity contribution is 5.96. The van der Waals surface area contributed by atoms with Gasteiger partial charge >= 0.3 is 0 Å². The van der Waals surface area contributed by atoms with Gasteiger partial charge in [0, 0.05) is 6.07 Å². The normalized spacial score (nSPS) is 13.8. The Morgan fingerprint density at radius 3 is 2.81 bits per heavy atom. The summed E-state index contributed by atoms with van der Waals surface area (Å²) >= 11 is 0. The second-order valence-electron chi connectivity index (χ2n) is 3.60. The summed E-state index contributed by atoms with van der Waals surface area (Å²) in [4.78, 5) is 11.6. The maximum atomic E-state index is 11.6. The maximum Gasteiger partial charge on any atom is 0.274 e. The molecule has 1 rings (SSSR count). The van der Waals surface area contributed by atoms with Gasteiger partial charge in [-0.15, -0.1) is 0 Å². The molecule has 88 valence electrons. The third kappa shape index (κ3) is 2.72. The first-order valence-corrected chi connectivity index (χ1v) is 4.75. The molecule has 1 amide bonds. The number of hydrogen-bond acceptors (Lipinski definition) is 5. The van der Waals surface area contributed by atoms with Crippen molar-refractivity contribution in [1.29, 1.82) is 0 Å². The van der Waals surface area contributed by atoms with Gasteiger partial charge in [-0.25, -0.2) is 0 Å². The quantitative estimate of drug-likeness (QED) is 0.293. The number of aromatic nitrogens is 1. The minimum absolute atomic E-state index is 0.00764. The third-order valence-corrected chi connectivity index (χ3v) is 2.06. The summed E-state index contributed by atoms with van der Waals surface area (Å²) in [7, 11) is 0. The lowest BCUT2D eigenvalue weighted by atomic mass is 10.0. The van der Waals surface area contributed by atoms with Crippen molar-refractivity contribution in [2.24, 2.45) is 16.8 Å². The summed E-state index contributed by atoms with van der Waals surface area (Å²) in [5, 5.41) is 17.5. The molecule has 4 N–H and O–H groups in total. The van der Waals surface area contributed by atoms with Crippen LogP contribution in [0.5, 0.6) is 0 Å². The van der Waals surface area contributed by atoms with E-state index in [4.69, 9.17) is 10.9 Å². The SMILES string of the molecule is CC(C)C(NC(=O)c1ccon1)C(N)=NO. The molecule has 0 aliphatic carbocycles. The molecule has 0 aliphatic heterocycles. The topological polar surface area (TPSA) is 114 Å². The molecule has 1 atom stereocenters. The molecule has 1 unspecified atom stereocenters. The van der Waals surface area contributed by atoms with Crippen LogP contribution < -0.4 is 11.1 Å². The number of nitrogens with one attached hydrogen (secondary N) is 1. The fraction of sp³-hybridized carbons (Fsp3) is 0.444. The van der Waals surface area contributed by atoms with Crippen molar-refractivity contribution in [2.45, 2.75) is 19.9 Å². The molecule has 0 bridgehead atoms. The van der Waals surface area contributed by atoms with Gasteiger partial charge in [-0.3, -0.25) is 4.79 Å². The second kappa shape index (κ2) is 5.15. The Hall–Kier alpha value is -2.05. The number of carbonyl (C=O) groups excluding carboxylic acids is 1. The lowest BCUT2D eigenvalue weighted by molar-refractivity contribution is 0.0929. The van der Waals surface area contributed by atoms with E-state index in [0.717, 1.165) is 0 Å². The van der Waals surface area contributed by atoms with Crippen LogP contribution >= 0.6 is 0 Å². The fourth-order valence-corrected chi connectivity index (χ4v) is 1.19. The van der Waals surface area contributed by atoms with Crippen LogP contribution in [0.2, 0.25) is 0 Å². The zero-order valence-corrected chi connectivity index (χ0v) is 9.04. The minimum Gasteiger partial charge on any atom is -0.409 e. The Bertz CT molecular complexity index is 372. The molecular formula is C9H14N4O3. The standard InChI is InChI=1S/C9H14N4O3/c1-5(2)7(8(10)12-15)11-9(14)6-3-4-16-13-6/h3-5,7,15H,1-2H3,(H2,10,12)(H,11,14). The molecule has 0 aliphatic rings. The van der Waals surface area contributed by atoms with Gasteiger partial charge in [0.15, 0.2) is 11.5 Å². The van der Waals surface area contributed by atoms with Gasteiger partial charge in [0.25, 0.3) is 5.91 Å². The monoisotopic (exact) mass is 226 g/mol. The molecule has 0 saturated carbocycles. The van der Waals surface area contributed by atoms with Crippen molar-refractivity contribution >= 4 is 11.7 Å². The van der Waals surface area contributed by atoms with E-state index < -0.39 is 11.9 Å². The molecule has 0 fully saturated rings. The third-order valence-electron chi connectivity index (χ3n) is 2.06. The van der Waals surface area contributed by atoms with E-state index in [9.17, 15) is 4.79 Å². The Morgan fingerprint density at radius 1 is 1.69 bits per heavy atom. The Morgan fingerprint density at radius 2 is 2.38 bits per heavy atom. The van der Waals surface area contributed by atoms with E-state index >= 15 is 0 Å². The summed E-state index contributed by atoms with van der Waals surface area (Å²) in [6, 6.07) is 0.883. The van der Waals surface area contributed by atoms with Crippen molar-refractivity contribution in [3.8, 4) is 0 Å². The molecule has 1 heterocycles. The summed E-state index contributed by atoms with van der Waals surface area (Å²) in [5.41, 5.74) is 5.61. The molecule has 0 radical (unpaired) electrons. The van der Waals surface area contributed by atoms with E-state index in [1.807, 2.05) is 13.8 Å². The number of hydrogen-bond donors (Lipinski definition) is 3. The number of rotatable bonds is 4. The van der Waals surface area contributed by atoms with Gasteiger partial charge < -0.3 is 20.8 Å². The highest BCUT2D eigenvalue weighted by Crippen LogP contribution is 2.03. The summed E-state index contributed by atoms with van der Waals surface area (Å²) in [6.07, 6.45) is 1.29. The van der Waals surface area contributed by atoms with E-state index in [2.05, 4.69) is 20.2 Å². The first kappa shape index (κ1) is 12.0. The van der Waals surface area contributed by atoms with Crippen molar-refractivity contribution in [3.63, 3.8) is 0 Å². The predicted octanol–water partition coefficient (Wildman–Crippen LogP) is 0.175. The molecular weight excluding hydrogens is 212 g/mol. The number of nitrogens with zero attached hydrogens (tertiary/aromatic N) is 2. The van der Waals surface area contributed by atoms with E-state index in [1.165, 1.54) is 12.3 Å². The summed E-state index contributed by atoms with van der Waals surface area (Å²) < 4.78 is 4.54. The van der Waals surface area contributed by atoms with Gasteiger partial charge in [0.1, 0.15) is 6.26 Å². The van der Waals surface area contributed by atoms with Crippen molar-refractivity contribution < 1.29 is 14.5 Å². The largest absolute Gasteiger partial charge is 0.409 e. The van der Waals surface area contributed by atoms with Gasteiger partial charge in [-0.1, -0.05) is 24.2 Å². The van der Waals surface area contributed by atoms with Gasteiger partial charge in [0.05, 0.1) is 6.04 Å². The maximum absolute atomic E-state index is 11.6. The smallest absolute Gasteiger partial charge is 0.274 e. The zero-order valence-electron chi connectivity index (χ0n) is 9.04. The van der Waals surface area contributed by atoms with Crippen LogP contribution in [0.3, 0.4) is 0 Å². The highest BCUT2D eigenvalue weighted by atomic mass is 16.5. The van der Waals surface area contributed by atoms with Crippen LogP contribution in [-0.4, -0.2) is 28.1 Å². The average Bonchev–Trinajstić information content (AvgIpc) is 2.77. The molecule has 16 heavy (non-hydrogen) atoms. The fourth-order valence-electron chi connectivity index (χ4n) is 1.19. The van der Waals surface area contributed by atoms with Crippen molar-refractivity contribution in [1.82, 2.24) is 10.5 Å². The van der Waals surface area contributed by atoms with Crippen molar-refractivity contribution in [2.75, 3.05) is 0 Å². The van der Waals surface area contributed by atoms with Crippen LogP contribution in [0.15, 0.2) is 22.0 Å². The molecule has 0 aromatic carbocycles. The van der Waals surface area contributed by atoms with E-state index in [1.54, 1.807) is 0 Å². The summed E-state index contributed by atoms with van der Waals surface area (Å²) in [5.74, 6) is -0.488. The lowest BCUT2D eigenvalue weighted by Gasteiger charge is -2.19. The van der Waals surface area contributed by atoms with Crippen LogP contribution in [-0.2, 0) is 0 Å². The van der Waals surface area contributed by atoms with Gasteiger partial charge in [-0.2, -0.15) is 0 Å². The van der Waals surface area contributed by atoms with Gasteiger partial charge in [-0.05, 0) is 5.92 Å². The van der Waals surface area contributed by atoms with Crippen molar-refractivity contribution in [3.05, 3.63) is 18.0 Å². The van der Waals surface area contributed by atoms with E-state index in [0.29, 0.717) is 0 Å². The Kier molecular flexibility index (Phi) is 3.87. The van der Waals surface area contributed by atoms with E-state index in [-0.39, 0.29) is 17.4 Å². The average molecular weight is 226 g/mol. The molecule has 0 spiro atoms. The van der Waals surface area contributed by atoms with Crippen LogP contribution in [0.1, 0.15) is 24.3 Å². The number of amides is 1. The number of nitrogens with two attached hydrogens (primary N) is 1. The number of amidine groups is 1. The molecule has 1 aromatic heterocycles. The van der Waals surface area contributed by atoms with Crippen LogP contribution in [0, 0.1) is 5.92 Å². The van der Waals surface area contributed by atoms with Crippen LogP contribution in [0.4, 0.5) is 0 Å². The number of oxime groups is 1. The zero-order chi connectivity index (χ0) is 12.1. The predicted molar refractivity (Wildman–Crippen MR) is 56.0 cm³/mol. The van der Waals surface area contributed by atoms with Gasteiger partial charge in [0.2, 0.25) is 0 Å². The highest BCUT2D eigenvalue weighted by Gasteiger charge is 2.22. The summed E-state index contributed by atoms with van der Waals surface area (Å²) in [6.45, 7) is 3.68. The molecule has 1 aromatic rings. The first-order valence-electron chi connectivity index (χ1n) is 4.75. The van der Waals surface area contributed by atoms with Crippen LogP contribution in [0.25, 0.3) is 0 Å². The minimum atomic E-state index is -0.547. The Labute approximate surface area is 92.3 Å². The molecule has 7 nitrogen and oxygen atoms in total. The Balaban J connectivity index is 2.73. The molecule has 0 saturated heterocycles. The lowest BCUT2D eigenvalue weighted by Crippen LogP contribution is -2.47. The molecule has 7 heteroatoms. The number of carbonyl (C=O) groups is 1. The first-order chi connectivity index (χ1) is 7.56. The second-order valence-corrected chi connectivity index (χ2v) is 3.60.